The van der Waals surface area contributed by atoms with Crippen LogP contribution in [0.5, 0.6) is 0 Å². The lowest BCUT2D eigenvalue weighted by Crippen LogP contribution is -2.39. The van der Waals surface area contributed by atoms with E-state index < -0.39 is 0 Å². The van der Waals surface area contributed by atoms with Crippen molar-refractivity contribution in [3.05, 3.63) is 28.8 Å². The van der Waals surface area contributed by atoms with Gasteiger partial charge in [0.05, 0.1) is 16.3 Å². The summed E-state index contributed by atoms with van der Waals surface area (Å²) < 4.78 is 0. The van der Waals surface area contributed by atoms with Crippen molar-refractivity contribution in [2.45, 2.75) is 38.6 Å². The molecule has 0 spiro atoms. The van der Waals surface area contributed by atoms with Crippen LogP contribution in [0.3, 0.4) is 0 Å². The van der Waals surface area contributed by atoms with Crippen molar-refractivity contribution in [3.8, 4) is 6.07 Å². The molecular formula is C15H19ClN2. The van der Waals surface area contributed by atoms with E-state index >= 15 is 0 Å². The first-order valence-electron chi connectivity index (χ1n) is 6.56. The van der Waals surface area contributed by atoms with E-state index in [1.807, 2.05) is 12.1 Å². The summed E-state index contributed by atoms with van der Waals surface area (Å²) >= 11 is 6.10. The monoisotopic (exact) mass is 262 g/mol. The zero-order valence-electron chi connectivity index (χ0n) is 11.0. The summed E-state index contributed by atoms with van der Waals surface area (Å²) in [5.41, 5.74) is 1.56. The minimum absolute atomic E-state index is 0.518. The highest BCUT2D eigenvalue weighted by molar-refractivity contribution is 6.32. The Kier molecular flexibility index (Phi) is 4.14. The van der Waals surface area contributed by atoms with Gasteiger partial charge in [0.25, 0.3) is 0 Å². The summed E-state index contributed by atoms with van der Waals surface area (Å²) in [5.74, 6) is 0.675. The molecule has 1 aliphatic rings. The van der Waals surface area contributed by atoms with Crippen LogP contribution in [0.4, 0.5) is 5.69 Å². The summed E-state index contributed by atoms with van der Waals surface area (Å²) in [6.07, 6.45) is 5.08. The number of hydrogen-bond acceptors (Lipinski definition) is 2. The normalized spacial score (nSPS) is 23.4. The van der Waals surface area contributed by atoms with Gasteiger partial charge in [-0.1, -0.05) is 37.4 Å². The number of nitriles is 1. The molecule has 2 rings (SSSR count). The number of hydrogen-bond donors (Lipinski definition) is 0. The molecule has 1 fully saturated rings. The average molecular weight is 263 g/mol. The highest BCUT2D eigenvalue weighted by atomic mass is 35.5. The molecule has 2 atom stereocenters. The van der Waals surface area contributed by atoms with E-state index in [0.29, 0.717) is 22.5 Å². The van der Waals surface area contributed by atoms with E-state index in [2.05, 4.69) is 24.9 Å². The Hall–Kier alpha value is -1.20. The van der Waals surface area contributed by atoms with Crippen LogP contribution in [-0.4, -0.2) is 13.1 Å². The summed E-state index contributed by atoms with van der Waals surface area (Å²) in [4.78, 5) is 2.24. The van der Waals surface area contributed by atoms with Crippen LogP contribution in [0.2, 0.25) is 5.02 Å². The molecule has 2 unspecified atom stereocenters. The van der Waals surface area contributed by atoms with Crippen LogP contribution in [-0.2, 0) is 0 Å². The molecule has 0 N–H and O–H groups in total. The second-order valence-electron chi connectivity index (χ2n) is 5.19. The van der Waals surface area contributed by atoms with Gasteiger partial charge in [0.15, 0.2) is 0 Å². The third-order valence-electron chi connectivity index (χ3n) is 4.05. The number of nitrogens with zero attached hydrogens (tertiary/aromatic N) is 2. The fourth-order valence-electron chi connectivity index (χ4n) is 2.97. The molecule has 3 heteroatoms. The lowest BCUT2D eigenvalue weighted by molar-refractivity contribution is 0.321. The fourth-order valence-corrected chi connectivity index (χ4v) is 3.18. The Morgan fingerprint density at radius 2 is 2.06 bits per heavy atom. The lowest BCUT2D eigenvalue weighted by Gasteiger charge is -2.38. The van der Waals surface area contributed by atoms with E-state index in [-0.39, 0.29) is 0 Å². The van der Waals surface area contributed by atoms with E-state index in [9.17, 15) is 5.26 Å². The highest BCUT2D eigenvalue weighted by Crippen LogP contribution is 2.33. The maximum Gasteiger partial charge on any atom is 0.103 e. The first-order valence-corrected chi connectivity index (χ1v) is 6.94. The third kappa shape index (κ3) is 2.47. The Morgan fingerprint density at radius 1 is 1.33 bits per heavy atom. The Labute approximate surface area is 114 Å². The predicted octanol–water partition coefficient (Wildman–Crippen LogP) is 4.23. The molecule has 1 saturated carbocycles. The molecule has 96 valence electrons. The molecule has 0 heterocycles. The molecule has 0 amide bonds. The predicted molar refractivity (Wildman–Crippen MR) is 76.0 cm³/mol. The van der Waals surface area contributed by atoms with Gasteiger partial charge in [-0.15, -0.1) is 0 Å². The lowest BCUT2D eigenvalue weighted by atomic mass is 9.84. The quantitative estimate of drug-likeness (QED) is 0.798. The topological polar surface area (TPSA) is 27.0 Å². The minimum atomic E-state index is 0.518. The number of anilines is 1. The van der Waals surface area contributed by atoms with Crippen molar-refractivity contribution in [1.29, 1.82) is 5.26 Å². The maximum atomic E-state index is 9.25. The molecular weight excluding hydrogens is 244 g/mol. The van der Waals surface area contributed by atoms with Gasteiger partial charge < -0.3 is 4.90 Å². The third-order valence-corrected chi connectivity index (χ3v) is 4.36. The highest BCUT2D eigenvalue weighted by Gasteiger charge is 2.26. The maximum absolute atomic E-state index is 9.25. The summed E-state index contributed by atoms with van der Waals surface area (Å²) in [6, 6.07) is 8.43. The zero-order valence-corrected chi connectivity index (χ0v) is 11.7. The Morgan fingerprint density at radius 3 is 2.72 bits per heavy atom. The molecule has 2 nitrogen and oxygen atoms in total. The van der Waals surface area contributed by atoms with Crippen LogP contribution < -0.4 is 4.90 Å². The summed E-state index contributed by atoms with van der Waals surface area (Å²) in [6.45, 7) is 2.30. The molecule has 18 heavy (non-hydrogen) atoms. The first-order chi connectivity index (χ1) is 8.65. The van der Waals surface area contributed by atoms with Crippen molar-refractivity contribution in [1.82, 2.24) is 0 Å². The molecule has 0 radical (unpaired) electrons. The average Bonchev–Trinajstić information content (AvgIpc) is 2.38. The minimum Gasteiger partial charge on any atom is -0.370 e. The van der Waals surface area contributed by atoms with Gasteiger partial charge in [-0.2, -0.15) is 5.26 Å². The van der Waals surface area contributed by atoms with Crippen molar-refractivity contribution in [3.63, 3.8) is 0 Å². The van der Waals surface area contributed by atoms with Gasteiger partial charge in [0.1, 0.15) is 6.07 Å². The fraction of sp³-hybridized carbons (Fsp3) is 0.533. The van der Waals surface area contributed by atoms with Crippen molar-refractivity contribution < 1.29 is 0 Å². The van der Waals surface area contributed by atoms with Crippen LogP contribution in [0.25, 0.3) is 0 Å². The second kappa shape index (κ2) is 5.63. The molecule has 1 aromatic carbocycles. The van der Waals surface area contributed by atoms with Crippen molar-refractivity contribution >= 4 is 17.3 Å². The standard InChI is InChI=1S/C15H19ClN2/c1-11-6-3-4-8-14(11)18(2)15-9-5-7-13(16)12(15)10-17/h5,7,9,11,14H,3-4,6,8H2,1-2H3. The zero-order chi connectivity index (χ0) is 13.1. The Bertz CT molecular complexity index is 464. The van der Waals surface area contributed by atoms with E-state index in [0.717, 1.165) is 5.69 Å². The van der Waals surface area contributed by atoms with Gasteiger partial charge in [0, 0.05) is 13.1 Å². The number of halogens is 1. The first kappa shape index (κ1) is 13.2. The van der Waals surface area contributed by atoms with E-state index in [1.54, 1.807) is 6.07 Å². The van der Waals surface area contributed by atoms with Crippen LogP contribution in [0.15, 0.2) is 18.2 Å². The van der Waals surface area contributed by atoms with Crippen LogP contribution in [0, 0.1) is 17.2 Å². The number of rotatable bonds is 2. The SMILES string of the molecule is CC1CCCCC1N(C)c1cccc(Cl)c1C#N. The van der Waals surface area contributed by atoms with Gasteiger partial charge in [-0.3, -0.25) is 0 Å². The van der Waals surface area contributed by atoms with Gasteiger partial charge in [-0.05, 0) is 30.9 Å². The molecule has 0 aliphatic heterocycles. The molecule has 1 aliphatic carbocycles. The van der Waals surface area contributed by atoms with E-state index in [1.165, 1.54) is 25.7 Å². The van der Waals surface area contributed by atoms with Crippen molar-refractivity contribution in [2.75, 3.05) is 11.9 Å². The van der Waals surface area contributed by atoms with Gasteiger partial charge in [-0.25, -0.2) is 0 Å². The van der Waals surface area contributed by atoms with Gasteiger partial charge in [0.2, 0.25) is 0 Å². The van der Waals surface area contributed by atoms with Crippen molar-refractivity contribution in [2.24, 2.45) is 5.92 Å². The molecule has 0 aromatic heterocycles. The second-order valence-corrected chi connectivity index (χ2v) is 5.59. The van der Waals surface area contributed by atoms with Crippen LogP contribution in [0.1, 0.15) is 38.2 Å². The molecule has 0 saturated heterocycles. The summed E-state index contributed by atoms with van der Waals surface area (Å²) in [7, 11) is 2.08. The van der Waals surface area contributed by atoms with Crippen LogP contribution >= 0.6 is 11.6 Å². The largest absolute Gasteiger partial charge is 0.370 e. The smallest absolute Gasteiger partial charge is 0.103 e. The van der Waals surface area contributed by atoms with Gasteiger partial charge >= 0.3 is 0 Å². The molecule has 0 bridgehead atoms. The summed E-state index contributed by atoms with van der Waals surface area (Å²) in [5, 5.41) is 9.80. The van der Waals surface area contributed by atoms with E-state index in [4.69, 9.17) is 11.6 Å². The Balaban J connectivity index is 2.31. The number of benzene rings is 1. The molecule has 1 aromatic rings.